The SMILES string of the molecule is CC(C)C1CCN(C(=O)[C@@H]2CCOC2)CC1. The van der Waals surface area contributed by atoms with Gasteiger partial charge in [-0.25, -0.2) is 0 Å². The predicted molar refractivity (Wildman–Crippen MR) is 63.1 cm³/mol. The highest BCUT2D eigenvalue weighted by Gasteiger charge is 2.31. The van der Waals surface area contributed by atoms with Crippen LogP contribution in [0, 0.1) is 17.8 Å². The van der Waals surface area contributed by atoms with Gasteiger partial charge in [-0.15, -0.1) is 0 Å². The third-order valence-electron chi connectivity index (χ3n) is 4.07. The molecule has 0 N–H and O–H groups in total. The highest BCUT2D eigenvalue weighted by Crippen LogP contribution is 2.26. The monoisotopic (exact) mass is 225 g/mol. The van der Waals surface area contributed by atoms with Gasteiger partial charge in [0.15, 0.2) is 0 Å². The summed E-state index contributed by atoms with van der Waals surface area (Å²) in [5, 5.41) is 0. The van der Waals surface area contributed by atoms with Gasteiger partial charge in [0.25, 0.3) is 0 Å². The maximum Gasteiger partial charge on any atom is 0.228 e. The van der Waals surface area contributed by atoms with E-state index in [9.17, 15) is 4.79 Å². The lowest BCUT2D eigenvalue weighted by atomic mass is 9.86. The van der Waals surface area contributed by atoms with Gasteiger partial charge in [-0.2, -0.15) is 0 Å². The molecule has 0 saturated carbocycles. The lowest BCUT2D eigenvalue weighted by Gasteiger charge is -2.35. The first kappa shape index (κ1) is 11.9. The zero-order valence-electron chi connectivity index (χ0n) is 10.4. The Morgan fingerprint density at radius 3 is 2.44 bits per heavy atom. The van der Waals surface area contributed by atoms with E-state index in [1.54, 1.807) is 0 Å². The zero-order chi connectivity index (χ0) is 11.5. The summed E-state index contributed by atoms with van der Waals surface area (Å²) >= 11 is 0. The molecule has 3 heteroatoms. The summed E-state index contributed by atoms with van der Waals surface area (Å²) in [4.78, 5) is 14.2. The van der Waals surface area contributed by atoms with E-state index in [-0.39, 0.29) is 5.92 Å². The van der Waals surface area contributed by atoms with E-state index in [2.05, 4.69) is 18.7 Å². The van der Waals surface area contributed by atoms with Gasteiger partial charge in [0.1, 0.15) is 0 Å². The molecule has 2 aliphatic heterocycles. The van der Waals surface area contributed by atoms with Crippen molar-refractivity contribution in [3.05, 3.63) is 0 Å². The van der Waals surface area contributed by atoms with Crippen LogP contribution in [-0.4, -0.2) is 37.1 Å². The van der Waals surface area contributed by atoms with Crippen molar-refractivity contribution in [1.82, 2.24) is 4.90 Å². The molecule has 2 fully saturated rings. The Kier molecular flexibility index (Phi) is 3.85. The fraction of sp³-hybridized carbons (Fsp3) is 0.923. The average Bonchev–Trinajstić information content (AvgIpc) is 2.81. The van der Waals surface area contributed by atoms with E-state index in [0.717, 1.165) is 38.0 Å². The van der Waals surface area contributed by atoms with Crippen LogP contribution in [0.3, 0.4) is 0 Å². The van der Waals surface area contributed by atoms with Gasteiger partial charge < -0.3 is 9.64 Å². The van der Waals surface area contributed by atoms with E-state index < -0.39 is 0 Å². The number of likely N-dealkylation sites (tertiary alicyclic amines) is 1. The van der Waals surface area contributed by atoms with Crippen molar-refractivity contribution in [2.45, 2.75) is 33.1 Å². The van der Waals surface area contributed by atoms with Gasteiger partial charge in [0, 0.05) is 19.7 Å². The van der Waals surface area contributed by atoms with Crippen molar-refractivity contribution in [1.29, 1.82) is 0 Å². The summed E-state index contributed by atoms with van der Waals surface area (Å²) in [6.45, 7) is 7.89. The molecular formula is C13H23NO2. The van der Waals surface area contributed by atoms with Crippen LogP contribution < -0.4 is 0 Å². The third-order valence-corrected chi connectivity index (χ3v) is 4.07. The number of carbonyl (C=O) groups excluding carboxylic acids is 1. The lowest BCUT2D eigenvalue weighted by molar-refractivity contribution is -0.137. The first-order valence-corrected chi connectivity index (χ1v) is 6.55. The van der Waals surface area contributed by atoms with Crippen LogP contribution in [0.4, 0.5) is 0 Å². The van der Waals surface area contributed by atoms with Crippen molar-refractivity contribution in [2.24, 2.45) is 17.8 Å². The largest absolute Gasteiger partial charge is 0.381 e. The summed E-state index contributed by atoms with van der Waals surface area (Å²) in [6.07, 6.45) is 3.27. The molecule has 3 nitrogen and oxygen atoms in total. The van der Waals surface area contributed by atoms with Crippen LogP contribution in [-0.2, 0) is 9.53 Å². The van der Waals surface area contributed by atoms with Crippen molar-refractivity contribution >= 4 is 5.91 Å². The second-order valence-electron chi connectivity index (χ2n) is 5.47. The molecule has 2 rings (SSSR count). The number of nitrogens with zero attached hydrogens (tertiary/aromatic N) is 1. The third kappa shape index (κ3) is 2.57. The smallest absolute Gasteiger partial charge is 0.228 e. The highest BCUT2D eigenvalue weighted by atomic mass is 16.5. The Bertz CT molecular complexity index is 238. The summed E-state index contributed by atoms with van der Waals surface area (Å²) in [7, 11) is 0. The number of piperidine rings is 1. The number of hydrogen-bond acceptors (Lipinski definition) is 2. The molecule has 0 unspecified atom stereocenters. The van der Waals surface area contributed by atoms with Crippen molar-refractivity contribution < 1.29 is 9.53 Å². The number of hydrogen-bond donors (Lipinski definition) is 0. The minimum absolute atomic E-state index is 0.149. The van der Waals surface area contributed by atoms with Gasteiger partial charge >= 0.3 is 0 Å². The predicted octanol–water partition coefficient (Wildman–Crippen LogP) is 1.92. The number of amides is 1. The summed E-state index contributed by atoms with van der Waals surface area (Å²) < 4.78 is 5.28. The van der Waals surface area contributed by atoms with Crippen LogP contribution in [0.1, 0.15) is 33.1 Å². The van der Waals surface area contributed by atoms with Crippen LogP contribution in [0.5, 0.6) is 0 Å². The molecule has 1 amide bonds. The maximum atomic E-state index is 12.1. The molecule has 92 valence electrons. The highest BCUT2D eigenvalue weighted by molar-refractivity contribution is 5.79. The Balaban J connectivity index is 1.81. The van der Waals surface area contributed by atoms with Gasteiger partial charge in [-0.3, -0.25) is 4.79 Å². The Hall–Kier alpha value is -0.570. The molecule has 0 spiro atoms. The summed E-state index contributed by atoms with van der Waals surface area (Å²) in [5.41, 5.74) is 0. The van der Waals surface area contributed by atoms with Crippen molar-refractivity contribution in [2.75, 3.05) is 26.3 Å². The maximum absolute atomic E-state index is 12.1. The molecule has 1 atom stereocenters. The Labute approximate surface area is 98.1 Å². The molecule has 0 bridgehead atoms. The second-order valence-corrected chi connectivity index (χ2v) is 5.47. The molecule has 0 aliphatic carbocycles. The van der Waals surface area contributed by atoms with Crippen molar-refractivity contribution in [3.8, 4) is 0 Å². The van der Waals surface area contributed by atoms with Crippen LogP contribution in [0.15, 0.2) is 0 Å². The van der Waals surface area contributed by atoms with Crippen LogP contribution in [0.2, 0.25) is 0 Å². The van der Waals surface area contributed by atoms with E-state index in [0.29, 0.717) is 12.5 Å². The quantitative estimate of drug-likeness (QED) is 0.718. The molecular weight excluding hydrogens is 202 g/mol. The molecule has 16 heavy (non-hydrogen) atoms. The van der Waals surface area contributed by atoms with Crippen molar-refractivity contribution in [3.63, 3.8) is 0 Å². The fourth-order valence-corrected chi connectivity index (χ4v) is 2.77. The van der Waals surface area contributed by atoms with Crippen LogP contribution >= 0.6 is 0 Å². The standard InChI is InChI=1S/C13H23NO2/c1-10(2)11-3-6-14(7-4-11)13(15)12-5-8-16-9-12/h10-12H,3-9H2,1-2H3/t12-/m1/s1. The average molecular weight is 225 g/mol. The first-order chi connectivity index (χ1) is 7.68. The zero-order valence-corrected chi connectivity index (χ0v) is 10.4. The van der Waals surface area contributed by atoms with E-state index in [1.165, 1.54) is 12.8 Å². The topological polar surface area (TPSA) is 29.5 Å². The molecule has 0 aromatic heterocycles. The molecule has 2 heterocycles. The minimum atomic E-state index is 0.149. The molecule has 0 aromatic carbocycles. The van der Waals surface area contributed by atoms with E-state index in [1.807, 2.05) is 0 Å². The number of ether oxygens (including phenoxy) is 1. The summed E-state index contributed by atoms with van der Waals surface area (Å²) in [5.74, 6) is 2.05. The Morgan fingerprint density at radius 2 is 1.94 bits per heavy atom. The molecule has 0 radical (unpaired) electrons. The van der Waals surface area contributed by atoms with Crippen LogP contribution in [0.25, 0.3) is 0 Å². The lowest BCUT2D eigenvalue weighted by Crippen LogP contribution is -2.42. The van der Waals surface area contributed by atoms with Gasteiger partial charge in [0.05, 0.1) is 12.5 Å². The first-order valence-electron chi connectivity index (χ1n) is 6.55. The van der Waals surface area contributed by atoms with Gasteiger partial charge in [-0.1, -0.05) is 13.8 Å². The molecule has 2 saturated heterocycles. The molecule has 0 aromatic rings. The minimum Gasteiger partial charge on any atom is -0.381 e. The number of carbonyl (C=O) groups is 1. The number of rotatable bonds is 2. The van der Waals surface area contributed by atoms with Gasteiger partial charge in [-0.05, 0) is 31.1 Å². The molecule has 2 aliphatic rings. The second kappa shape index (κ2) is 5.17. The van der Waals surface area contributed by atoms with Gasteiger partial charge in [0.2, 0.25) is 5.91 Å². The summed E-state index contributed by atoms with van der Waals surface area (Å²) in [6, 6.07) is 0. The Morgan fingerprint density at radius 1 is 1.25 bits per heavy atom. The normalized spacial score (nSPS) is 27.7. The van der Waals surface area contributed by atoms with E-state index in [4.69, 9.17) is 4.74 Å². The fourth-order valence-electron chi connectivity index (χ4n) is 2.77. The van der Waals surface area contributed by atoms with E-state index >= 15 is 0 Å².